The van der Waals surface area contributed by atoms with Crippen LogP contribution in [-0.2, 0) is 0 Å². The third-order valence-electron chi connectivity index (χ3n) is 11.0. The molecule has 0 saturated carbocycles. The van der Waals surface area contributed by atoms with E-state index in [4.69, 9.17) is 24.9 Å². The van der Waals surface area contributed by atoms with Gasteiger partial charge in [-0.1, -0.05) is 158 Å². The Morgan fingerprint density at radius 3 is 1.43 bits per heavy atom. The van der Waals surface area contributed by atoms with Crippen molar-refractivity contribution in [2.24, 2.45) is 0 Å². The van der Waals surface area contributed by atoms with Gasteiger partial charge in [0, 0.05) is 55.7 Å². The van der Waals surface area contributed by atoms with Crippen molar-refractivity contribution in [3.63, 3.8) is 0 Å². The lowest BCUT2D eigenvalue weighted by atomic mass is 9.96. The molecule has 286 valence electrons. The van der Waals surface area contributed by atoms with E-state index in [1.807, 2.05) is 67.0 Å². The van der Waals surface area contributed by atoms with E-state index in [2.05, 4.69) is 146 Å². The third kappa shape index (κ3) is 6.95. The van der Waals surface area contributed by atoms with E-state index in [1.54, 1.807) is 11.3 Å². The molecule has 61 heavy (non-hydrogen) atoms. The highest BCUT2D eigenvalue weighted by atomic mass is 32.1. The van der Waals surface area contributed by atoms with Crippen LogP contribution in [0.3, 0.4) is 0 Å². The molecule has 11 rings (SSSR count). The summed E-state index contributed by atoms with van der Waals surface area (Å²) in [5.41, 5.74) is 15.1. The zero-order chi connectivity index (χ0) is 40.5. The SMILES string of the molecule is c1ccc(-c2ccc(-c3cc(-c4ccc(-c5ccc6nc(-c7ccccc7)c7c(-c8ccccn8)c(-c8ccccn8)sc7c6c5)cc4)nc(-c4ccccc4)n3)cc2)cc1. The Balaban J connectivity index is 1.02. The number of hydrogen-bond acceptors (Lipinski definition) is 6. The zero-order valence-electron chi connectivity index (χ0n) is 32.9. The Morgan fingerprint density at radius 2 is 0.836 bits per heavy atom. The molecular weight excluding hydrogens is 763 g/mol. The monoisotopic (exact) mass is 797 g/mol. The molecular formula is C55H35N5S. The lowest BCUT2D eigenvalue weighted by Gasteiger charge is -2.12. The van der Waals surface area contributed by atoms with E-state index in [0.717, 1.165) is 93.3 Å². The molecule has 0 spiro atoms. The molecule has 0 amide bonds. The molecule has 0 aliphatic carbocycles. The quantitative estimate of drug-likeness (QED) is 0.153. The Kier molecular flexibility index (Phi) is 9.30. The molecule has 6 aromatic carbocycles. The number of benzene rings is 6. The molecule has 0 saturated heterocycles. The highest BCUT2D eigenvalue weighted by Gasteiger charge is 2.24. The summed E-state index contributed by atoms with van der Waals surface area (Å²) in [4.78, 5) is 26.3. The van der Waals surface area contributed by atoms with E-state index < -0.39 is 0 Å². The standard InChI is InChI=1S/C55H35N5S/c1-4-14-36(15-5-1)37-22-26-39(27-23-37)48-35-49(60-55(59-48)42-18-8-3-9-19-42)40-28-24-38(25-29-40)43-30-31-45-44(34-43)53-51(52(58-45)41-16-6-2-7-17-41)50(46-20-10-12-32-56-46)54(61-53)47-21-11-13-33-57-47/h1-35H. The van der Waals surface area contributed by atoms with Gasteiger partial charge in [0.1, 0.15) is 0 Å². The fraction of sp³-hybridized carbons (Fsp3) is 0. The summed E-state index contributed by atoms with van der Waals surface area (Å²) in [5.74, 6) is 0.691. The van der Waals surface area contributed by atoms with Gasteiger partial charge in [-0.05, 0) is 64.7 Å². The van der Waals surface area contributed by atoms with Crippen LogP contribution in [0.25, 0.3) is 110 Å². The van der Waals surface area contributed by atoms with Crippen LogP contribution in [0.5, 0.6) is 0 Å². The molecule has 0 bridgehead atoms. The van der Waals surface area contributed by atoms with E-state index >= 15 is 0 Å². The van der Waals surface area contributed by atoms with Crippen LogP contribution in [0, 0.1) is 0 Å². The van der Waals surface area contributed by atoms with E-state index in [-0.39, 0.29) is 0 Å². The molecule has 6 heteroatoms. The maximum absolute atomic E-state index is 5.39. The van der Waals surface area contributed by atoms with Crippen molar-refractivity contribution in [2.45, 2.75) is 0 Å². The van der Waals surface area contributed by atoms with Crippen molar-refractivity contribution in [3.8, 4) is 89.2 Å². The Morgan fingerprint density at radius 1 is 0.344 bits per heavy atom. The zero-order valence-corrected chi connectivity index (χ0v) is 33.7. The number of pyridine rings is 3. The first-order valence-corrected chi connectivity index (χ1v) is 21.0. The van der Waals surface area contributed by atoms with Gasteiger partial charge in [-0.3, -0.25) is 9.97 Å². The Labute approximate surface area is 357 Å². The van der Waals surface area contributed by atoms with Crippen LogP contribution in [0.1, 0.15) is 0 Å². The van der Waals surface area contributed by atoms with Crippen LogP contribution in [0.2, 0.25) is 0 Å². The van der Waals surface area contributed by atoms with Crippen LogP contribution < -0.4 is 0 Å². The van der Waals surface area contributed by atoms with Crippen LogP contribution in [-0.4, -0.2) is 24.9 Å². The normalized spacial score (nSPS) is 11.3. The summed E-state index contributed by atoms with van der Waals surface area (Å²) in [6, 6.07) is 69.2. The second-order valence-electron chi connectivity index (χ2n) is 14.8. The summed E-state index contributed by atoms with van der Waals surface area (Å²) >= 11 is 1.76. The molecule has 0 aliphatic heterocycles. The number of rotatable bonds is 8. The number of fused-ring (bicyclic) bond motifs is 3. The first kappa shape index (κ1) is 36.2. The summed E-state index contributed by atoms with van der Waals surface area (Å²) in [6.07, 6.45) is 3.71. The van der Waals surface area contributed by atoms with Crippen LogP contribution in [0.15, 0.2) is 213 Å². The minimum Gasteiger partial charge on any atom is -0.256 e. The second kappa shape index (κ2) is 15.7. The van der Waals surface area contributed by atoms with Crippen LogP contribution >= 0.6 is 11.3 Å². The second-order valence-corrected chi connectivity index (χ2v) is 15.9. The largest absolute Gasteiger partial charge is 0.256 e. The van der Waals surface area contributed by atoms with Gasteiger partial charge in [-0.15, -0.1) is 11.3 Å². The first-order valence-electron chi connectivity index (χ1n) is 20.2. The van der Waals surface area contributed by atoms with E-state index in [1.165, 1.54) is 11.1 Å². The minimum absolute atomic E-state index is 0.691. The molecule has 0 radical (unpaired) electrons. The number of thiophene rings is 1. The molecule has 5 heterocycles. The molecule has 0 atom stereocenters. The summed E-state index contributed by atoms with van der Waals surface area (Å²) in [6.45, 7) is 0. The first-order chi connectivity index (χ1) is 30.2. The third-order valence-corrected chi connectivity index (χ3v) is 12.3. The van der Waals surface area contributed by atoms with Gasteiger partial charge < -0.3 is 0 Å². The van der Waals surface area contributed by atoms with Crippen molar-refractivity contribution in [2.75, 3.05) is 0 Å². The average molecular weight is 798 g/mol. The van der Waals surface area contributed by atoms with Gasteiger partial charge in [-0.2, -0.15) is 0 Å². The van der Waals surface area contributed by atoms with Crippen molar-refractivity contribution in [1.82, 2.24) is 24.9 Å². The molecule has 0 aliphatic rings. The topological polar surface area (TPSA) is 64.5 Å². The van der Waals surface area contributed by atoms with Gasteiger partial charge in [-0.25, -0.2) is 15.0 Å². The van der Waals surface area contributed by atoms with Gasteiger partial charge in [0.15, 0.2) is 5.82 Å². The summed E-state index contributed by atoms with van der Waals surface area (Å²) in [7, 11) is 0. The van der Waals surface area contributed by atoms with Gasteiger partial charge >= 0.3 is 0 Å². The fourth-order valence-corrected chi connectivity index (χ4v) is 9.32. The predicted molar refractivity (Wildman–Crippen MR) is 252 cm³/mol. The number of aromatic nitrogens is 5. The lowest BCUT2D eigenvalue weighted by molar-refractivity contribution is 1.18. The molecule has 5 aromatic heterocycles. The van der Waals surface area contributed by atoms with Crippen molar-refractivity contribution in [1.29, 1.82) is 0 Å². The van der Waals surface area contributed by atoms with Gasteiger partial charge in [0.25, 0.3) is 0 Å². The predicted octanol–water partition coefficient (Wildman–Crippen LogP) is 14.4. The summed E-state index contributed by atoms with van der Waals surface area (Å²) < 4.78 is 1.15. The van der Waals surface area contributed by atoms with E-state index in [0.29, 0.717) is 5.82 Å². The number of nitrogens with zero attached hydrogens (tertiary/aromatic N) is 5. The lowest BCUT2D eigenvalue weighted by Crippen LogP contribution is -1.96. The molecule has 5 nitrogen and oxygen atoms in total. The van der Waals surface area contributed by atoms with E-state index in [9.17, 15) is 0 Å². The average Bonchev–Trinajstić information content (AvgIpc) is 3.76. The number of hydrogen-bond donors (Lipinski definition) is 0. The fourth-order valence-electron chi connectivity index (χ4n) is 8.01. The van der Waals surface area contributed by atoms with Crippen molar-refractivity contribution < 1.29 is 0 Å². The van der Waals surface area contributed by atoms with Crippen molar-refractivity contribution >= 4 is 32.3 Å². The van der Waals surface area contributed by atoms with Gasteiger partial charge in [0.2, 0.25) is 0 Å². The van der Waals surface area contributed by atoms with Crippen LogP contribution in [0.4, 0.5) is 0 Å². The maximum Gasteiger partial charge on any atom is 0.160 e. The highest BCUT2D eigenvalue weighted by molar-refractivity contribution is 7.24. The Bertz CT molecular complexity index is 3300. The molecule has 0 unspecified atom stereocenters. The smallest absolute Gasteiger partial charge is 0.160 e. The Hall–Kier alpha value is -7.93. The maximum atomic E-state index is 5.39. The summed E-state index contributed by atoms with van der Waals surface area (Å²) in [5, 5.41) is 2.17. The molecule has 0 fully saturated rings. The molecule has 0 N–H and O–H groups in total. The van der Waals surface area contributed by atoms with Crippen molar-refractivity contribution in [3.05, 3.63) is 213 Å². The highest BCUT2D eigenvalue weighted by Crippen LogP contribution is 2.49. The molecule has 11 aromatic rings. The minimum atomic E-state index is 0.691. The van der Waals surface area contributed by atoms with Gasteiger partial charge in [0.05, 0.1) is 38.9 Å².